The Bertz CT molecular complexity index is 1230. The number of aromatic nitrogens is 3. The predicted molar refractivity (Wildman–Crippen MR) is 132 cm³/mol. The molecule has 0 fully saturated rings. The molecule has 0 bridgehead atoms. The molecule has 2 aromatic heterocycles. The molecule has 4 aromatic rings. The molecule has 0 aliphatic rings. The summed E-state index contributed by atoms with van der Waals surface area (Å²) in [5.41, 5.74) is 3.25. The molecule has 1 N–H and O–H groups in total. The van der Waals surface area contributed by atoms with Crippen LogP contribution in [-0.4, -0.2) is 50.5 Å². The zero-order valence-electron chi connectivity index (χ0n) is 19.5. The van der Waals surface area contributed by atoms with Crippen LogP contribution >= 0.6 is 0 Å². The van der Waals surface area contributed by atoms with Gasteiger partial charge >= 0.3 is 0 Å². The van der Waals surface area contributed by atoms with Crippen molar-refractivity contribution in [1.29, 1.82) is 0 Å². The second-order valence-electron chi connectivity index (χ2n) is 8.33. The number of nitrogens with one attached hydrogen (secondary N) is 1. The van der Waals surface area contributed by atoms with E-state index in [1.165, 1.54) is 0 Å². The van der Waals surface area contributed by atoms with E-state index in [2.05, 4.69) is 22.4 Å². The minimum absolute atomic E-state index is 0.0587. The predicted octanol–water partition coefficient (Wildman–Crippen LogP) is 3.71. The smallest absolute Gasteiger partial charge is 0.267 e. The molecule has 0 radical (unpaired) electrons. The number of carbonyl (C=O) groups excluding carboxylic acids is 2. The van der Waals surface area contributed by atoms with Crippen LogP contribution in [0.2, 0.25) is 0 Å². The molecule has 1 unspecified atom stereocenters. The van der Waals surface area contributed by atoms with Crippen molar-refractivity contribution in [1.82, 2.24) is 24.3 Å². The van der Waals surface area contributed by atoms with Crippen molar-refractivity contribution in [2.45, 2.75) is 18.9 Å². The highest BCUT2D eigenvalue weighted by Gasteiger charge is 2.22. The van der Waals surface area contributed by atoms with Gasteiger partial charge in [0.2, 0.25) is 0 Å². The highest BCUT2D eigenvalue weighted by Crippen LogP contribution is 2.17. The van der Waals surface area contributed by atoms with Gasteiger partial charge in [0.25, 0.3) is 11.8 Å². The lowest BCUT2D eigenvalue weighted by Gasteiger charge is -2.29. The topological polar surface area (TPSA) is 72.2 Å². The summed E-state index contributed by atoms with van der Waals surface area (Å²) in [4.78, 5) is 31.8. The first-order valence-corrected chi connectivity index (χ1v) is 11.3. The minimum atomic E-state index is -0.118. The molecule has 4 rings (SSSR count). The Labute approximate surface area is 199 Å². The van der Waals surface area contributed by atoms with Gasteiger partial charge in [-0.15, -0.1) is 0 Å². The molecule has 0 aliphatic carbocycles. The fourth-order valence-electron chi connectivity index (χ4n) is 4.04. The van der Waals surface area contributed by atoms with Crippen LogP contribution in [-0.2, 0) is 13.5 Å². The van der Waals surface area contributed by atoms with E-state index in [-0.39, 0.29) is 17.9 Å². The molecule has 7 heteroatoms. The van der Waals surface area contributed by atoms with E-state index in [1.54, 1.807) is 28.1 Å². The minimum Gasteiger partial charge on any atom is -0.351 e. The van der Waals surface area contributed by atoms with Crippen LogP contribution in [0.15, 0.2) is 91.6 Å². The van der Waals surface area contributed by atoms with Gasteiger partial charge in [0.1, 0.15) is 5.69 Å². The van der Waals surface area contributed by atoms with E-state index in [0.29, 0.717) is 30.6 Å². The third-order valence-electron chi connectivity index (χ3n) is 6.02. The standard InChI is InChI=1S/C27H29N5O2/c1-30-16-7-12-25(30)26(33)29-14-13-23(18-21-8-4-3-5-9-21)31(2)27(34)22-10-6-11-24(19-22)32-17-15-28-20-32/h3-12,15-17,19-20,23H,13-14,18H2,1-2H3,(H,29,33). The third kappa shape index (κ3) is 5.43. The fourth-order valence-corrected chi connectivity index (χ4v) is 4.04. The molecule has 174 valence electrons. The third-order valence-corrected chi connectivity index (χ3v) is 6.02. The Morgan fingerprint density at radius 2 is 1.85 bits per heavy atom. The summed E-state index contributed by atoms with van der Waals surface area (Å²) in [6.45, 7) is 0.466. The van der Waals surface area contributed by atoms with Gasteiger partial charge in [-0.05, 0) is 48.7 Å². The van der Waals surface area contributed by atoms with E-state index in [4.69, 9.17) is 0 Å². The number of carbonyl (C=O) groups is 2. The van der Waals surface area contributed by atoms with Crippen molar-refractivity contribution in [2.75, 3.05) is 13.6 Å². The van der Waals surface area contributed by atoms with E-state index >= 15 is 0 Å². The summed E-state index contributed by atoms with van der Waals surface area (Å²) >= 11 is 0. The van der Waals surface area contributed by atoms with E-state index in [0.717, 1.165) is 11.3 Å². The molecular formula is C27H29N5O2. The van der Waals surface area contributed by atoms with Gasteiger partial charge in [-0.3, -0.25) is 9.59 Å². The number of hydrogen-bond donors (Lipinski definition) is 1. The first kappa shape index (κ1) is 23.0. The van der Waals surface area contributed by atoms with Gasteiger partial charge in [0.15, 0.2) is 0 Å². The summed E-state index contributed by atoms with van der Waals surface area (Å²) in [5, 5.41) is 3.00. The monoisotopic (exact) mass is 455 g/mol. The fraction of sp³-hybridized carbons (Fsp3) is 0.222. The van der Waals surface area contributed by atoms with Crippen LogP contribution in [0.5, 0.6) is 0 Å². The van der Waals surface area contributed by atoms with Gasteiger partial charge in [-0.1, -0.05) is 36.4 Å². The lowest BCUT2D eigenvalue weighted by molar-refractivity contribution is 0.0722. The number of aryl methyl sites for hydroxylation is 1. The highest BCUT2D eigenvalue weighted by molar-refractivity contribution is 5.95. The normalized spacial score (nSPS) is 11.7. The number of benzene rings is 2. The Morgan fingerprint density at radius 3 is 2.56 bits per heavy atom. The molecule has 0 saturated heterocycles. The Hall–Kier alpha value is -4.13. The van der Waals surface area contributed by atoms with Crippen LogP contribution in [0.25, 0.3) is 5.69 Å². The number of rotatable bonds is 9. The van der Waals surface area contributed by atoms with Crippen molar-refractivity contribution >= 4 is 11.8 Å². The van der Waals surface area contributed by atoms with E-state index < -0.39 is 0 Å². The zero-order valence-corrected chi connectivity index (χ0v) is 19.5. The van der Waals surface area contributed by atoms with Gasteiger partial charge in [-0.25, -0.2) is 4.98 Å². The average molecular weight is 456 g/mol. The summed E-state index contributed by atoms with van der Waals surface area (Å²) < 4.78 is 3.66. The van der Waals surface area contributed by atoms with Gasteiger partial charge in [-0.2, -0.15) is 0 Å². The molecule has 34 heavy (non-hydrogen) atoms. The maximum atomic E-state index is 13.4. The highest BCUT2D eigenvalue weighted by atomic mass is 16.2. The molecule has 2 amide bonds. The van der Waals surface area contributed by atoms with Crippen LogP contribution in [0, 0.1) is 0 Å². The Morgan fingerprint density at radius 1 is 1.03 bits per heavy atom. The second-order valence-corrected chi connectivity index (χ2v) is 8.33. The second kappa shape index (κ2) is 10.7. The molecule has 0 aliphatic heterocycles. The van der Waals surface area contributed by atoms with Crippen molar-refractivity contribution in [3.05, 3.63) is 108 Å². The largest absolute Gasteiger partial charge is 0.351 e. The lowest BCUT2D eigenvalue weighted by atomic mass is 10.0. The molecule has 0 spiro atoms. The van der Waals surface area contributed by atoms with Crippen molar-refractivity contribution in [3.8, 4) is 5.69 Å². The molecule has 2 heterocycles. The molecular weight excluding hydrogens is 426 g/mol. The number of nitrogens with zero attached hydrogens (tertiary/aromatic N) is 4. The van der Waals surface area contributed by atoms with Gasteiger partial charge in [0.05, 0.1) is 6.33 Å². The van der Waals surface area contributed by atoms with E-state index in [1.807, 2.05) is 79.6 Å². The molecule has 2 aromatic carbocycles. The van der Waals surface area contributed by atoms with Crippen LogP contribution in [0.1, 0.15) is 32.8 Å². The lowest BCUT2D eigenvalue weighted by Crippen LogP contribution is -2.41. The molecule has 1 atom stereocenters. The van der Waals surface area contributed by atoms with E-state index in [9.17, 15) is 9.59 Å². The van der Waals surface area contributed by atoms with Gasteiger partial charge < -0.3 is 19.4 Å². The number of imidazole rings is 1. The maximum Gasteiger partial charge on any atom is 0.267 e. The SMILES string of the molecule is CN(C(=O)c1cccc(-n2ccnc2)c1)C(CCNC(=O)c1cccn1C)Cc1ccccc1. The number of likely N-dealkylation sites (N-methyl/N-ethyl adjacent to an activating group) is 1. The number of amides is 2. The summed E-state index contributed by atoms with van der Waals surface area (Å²) in [5.74, 6) is -0.176. The van der Waals surface area contributed by atoms with Gasteiger partial charge in [0, 0.05) is 56.5 Å². The Balaban J connectivity index is 1.48. The summed E-state index contributed by atoms with van der Waals surface area (Å²) in [6.07, 6.45) is 8.44. The van der Waals surface area contributed by atoms with Crippen molar-refractivity contribution in [3.63, 3.8) is 0 Å². The Kier molecular flexibility index (Phi) is 7.22. The zero-order chi connectivity index (χ0) is 23.9. The summed E-state index contributed by atoms with van der Waals surface area (Å²) in [6, 6.07) is 21.2. The quantitative estimate of drug-likeness (QED) is 0.418. The maximum absolute atomic E-state index is 13.4. The summed E-state index contributed by atoms with van der Waals surface area (Å²) in [7, 11) is 3.68. The van der Waals surface area contributed by atoms with Crippen LogP contribution < -0.4 is 5.32 Å². The molecule has 7 nitrogen and oxygen atoms in total. The average Bonchev–Trinajstić information content (AvgIpc) is 3.55. The van der Waals surface area contributed by atoms with Crippen molar-refractivity contribution < 1.29 is 9.59 Å². The number of hydrogen-bond acceptors (Lipinski definition) is 3. The first-order chi connectivity index (χ1) is 16.5. The first-order valence-electron chi connectivity index (χ1n) is 11.3. The van der Waals surface area contributed by atoms with Crippen LogP contribution in [0.3, 0.4) is 0 Å². The molecule has 0 saturated carbocycles. The van der Waals surface area contributed by atoms with Crippen LogP contribution in [0.4, 0.5) is 0 Å². The van der Waals surface area contributed by atoms with Crippen molar-refractivity contribution in [2.24, 2.45) is 7.05 Å².